The fourth-order valence-electron chi connectivity index (χ4n) is 2.26. The lowest BCUT2D eigenvalue weighted by atomic mass is 9.84. The molecule has 3 nitrogen and oxygen atoms in total. The van der Waals surface area contributed by atoms with E-state index in [0.717, 1.165) is 19.3 Å². The van der Waals surface area contributed by atoms with Gasteiger partial charge in [-0.15, -0.1) is 0 Å². The number of ether oxygens (including phenoxy) is 1. The zero-order chi connectivity index (χ0) is 10.4. The summed E-state index contributed by atoms with van der Waals surface area (Å²) in [6, 6.07) is 0. The molecule has 1 aliphatic rings. The maximum Gasteiger partial charge on any atom is 0.303 e. The SMILES string of the molecule is COC1CCCC(CCCC(=O)O)C1. The van der Waals surface area contributed by atoms with Crippen molar-refractivity contribution in [1.29, 1.82) is 0 Å². The van der Waals surface area contributed by atoms with Crippen molar-refractivity contribution in [2.45, 2.75) is 51.0 Å². The molecule has 0 aromatic carbocycles. The molecule has 14 heavy (non-hydrogen) atoms. The van der Waals surface area contributed by atoms with Crippen molar-refractivity contribution in [2.24, 2.45) is 5.92 Å². The number of carboxylic acids is 1. The molecule has 0 spiro atoms. The van der Waals surface area contributed by atoms with Crippen LogP contribution in [0.2, 0.25) is 0 Å². The van der Waals surface area contributed by atoms with Crippen LogP contribution in [0.25, 0.3) is 0 Å². The van der Waals surface area contributed by atoms with Crippen LogP contribution in [-0.2, 0) is 9.53 Å². The normalized spacial score (nSPS) is 27.5. The molecule has 1 saturated carbocycles. The molecule has 0 aliphatic heterocycles. The molecule has 1 aliphatic carbocycles. The van der Waals surface area contributed by atoms with Crippen molar-refractivity contribution in [3.05, 3.63) is 0 Å². The van der Waals surface area contributed by atoms with Gasteiger partial charge in [0.1, 0.15) is 0 Å². The van der Waals surface area contributed by atoms with Gasteiger partial charge in [0.15, 0.2) is 0 Å². The van der Waals surface area contributed by atoms with Crippen LogP contribution < -0.4 is 0 Å². The van der Waals surface area contributed by atoms with Crippen molar-refractivity contribution < 1.29 is 14.6 Å². The summed E-state index contributed by atoms with van der Waals surface area (Å²) < 4.78 is 5.33. The molecule has 0 bridgehead atoms. The number of carboxylic acid groups (broad SMARTS) is 1. The van der Waals surface area contributed by atoms with Crippen LogP contribution >= 0.6 is 0 Å². The smallest absolute Gasteiger partial charge is 0.303 e. The molecule has 0 radical (unpaired) electrons. The van der Waals surface area contributed by atoms with Crippen LogP contribution in [0, 0.1) is 5.92 Å². The van der Waals surface area contributed by atoms with Gasteiger partial charge in [-0.05, 0) is 31.6 Å². The van der Waals surface area contributed by atoms with Crippen LogP contribution in [0.5, 0.6) is 0 Å². The summed E-state index contributed by atoms with van der Waals surface area (Å²) in [6.07, 6.45) is 7.37. The molecule has 0 saturated heterocycles. The van der Waals surface area contributed by atoms with E-state index >= 15 is 0 Å². The third-order valence-electron chi connectivity index (χ3n) is 3.07. The standard InChI is InChI=1S/C11H20O3/c1-14-10-6-2-4-9(8-10)5-3-7-11(12)13/h9-10H,2-8H2,1H3,(H,12,13). The minimum Gasteiger partial charge on any atom is -0.481 e. The van der Waals surface area contributed by atoms with Gasteiger partial charge in [0.25, 0.3) is 0 Å². The average molecular weight is 200 g/mol. The number of rotatable bonds is 5. The molecule has 0 aromatic heterocycles. The van der Waals surface area contributed by atoms with Gasteiger partial charge >= 0.3 is 5.97 Å². The predicted octanol–water partition coefficient (Wildman–Crippen LogP) is 2.45. The van der Waals surface area contributed by atoms with Crippen molar-refractivity contribution in [3.63, 3.8) is 0 Å². The van der Waals surface area contributed by atoms with Crippen LogP contribution in [0.15, 0.2) is 0 Å². The van der Waals surface area contributed by atoms with E-state index in [-0.39, 0.29) is 0 Å². The van der Waals surface area contributed by atoms with E-state index < -0.39 is 5.97 Å². The third-order valence-corrected chi connectivity index (χ3v) is 3.07. The molecule has 1 fully saturated rings. The number of hydrogen-bond acceptors (Lipinski definition) is 2. The zero-order valence-electron chi connectivity index (χ0n) is 8.87. The van der Waals surface area contributed by atoms with E-state index in [1.165, 1.54) is 19.3 Å². The van der Waals surface area contributed by atoms with E-state index in [2.05, 4.69) is 0 Å². The molecule has 1 N–H and O–H groups in total. The molecule has 0 amide bonds. The largest absolute Gasteiger partial charge is 0.481 e. The third kappa shape index (κ3) is 4.09. The highest BCUT2D eigenvalue weighted by molar-refractivity contribution is 5.66. The summed E-state index contributed by atoms with van der Waals surface area (Å²) in [5, 5.41) is 8.52. The monoisotopic (exact) mass is 200 g/mol. The highest BCUT2D eigenvalue weighted by Crippen LogP contribution is 2.29. The fourth-order valence-corrected chi connectivity index (χ4v) is 2.26. The lowest BCUT2D eigenvalue weighted by Crippen LogP contribution is -2.21. The van der Waals surface area contributed by atoms with Crippen molar-refractivity contribution in [2.75, 3.05) is 7.11 Å². The molecule has 2 atom stereocenters. The van der Waals surface area contributed by atoms with Crippen LogP contribution in [0.3, 0.4) is 0 Å². The quantitative estimate of drug-likeness (QED) is 0.741. The Morgan fingerprint density at radius 3 is 2.93 bits per heavy atom. The minimum atomic E-state index is -0.677. The zero-order valence-corrected chi connectivity index (χ0v) is 8.87. The first-order chi connectivity index (χ1) is 6.72. The topological polar surface area (TPSA) is 46.5 Å². The van der Waals surface area contributed by atoms with E-state index in [9.17, 15) is 4.79 Å². The predicted molar refractivity (Wildman–Crippen MR) is 54.2 cm³/mol. The van der Waals surface area contributed by atoms with Crippen molar-refractivity contribution >= 4 is 5.97 Å². The number of methoxy groups -OCH3 is 1. The molecule has 3 heteroatoms. The molecule has 2 unspecified atom stereocenters. The van der Waals surface area contributed by atoms with Gasteiger partial charge < -0.3 is 9.84 Å². The molecular weight excluding hydrogens is 180 g/mol. The molecular formula is C11H20O3. The first kappa shape index (κ1) is 11.5. The number of carbonyl (C=O) groups is 1. The molecule has 0 heterocycles. The van der Waals surface area contributed by atoms with Gasteiger partial charge in [-0.3, -0.25) is 4.79 Å². The summed E-state index contributed by atoms with van der Waals surface area (Å²) >= 11 is 0. The lowest BCUT2D eigenvalue weighted by molar-refractivity contribution is -0.137. The van der Waals surface area contributed by atoms with Gasteiger partial charge in [0.05, 0.1) is 6.10 Å². The summed E-state index contributed by atoms with van der Waals surface area (Å²) in [6.45, 7) is 0. The Hall–Kier alpha value is -0.570. The van der Waals surface area contributed by atoms with E-state index in [0.29, 0.717) is 18.4 Å². The highest BCUT2D eigenvalue weighted by Gasteiger charge is 2.21. The van der Waals surface area contributed by atoms with E-state index in [1.807, 2.05) is 0 Å². The van der Waals surface area contributed by atoms with Gasteiger partial charge in [0.2, 0.25) is 0 Å². The Balaban J connectivity index is 2.14. The second-order valence-electron chi connectivity index (χ2n) is 4.18. The fraction of sp³-hybridized carbons (Fsp3) is 0.909. The molecule has 82 valence electrons. The first-order valence-corrected chi connectivity index (χ1v) is 5.47. The maximum atomic E-state index is 10.3. The Bertz CT molecular complexity index is 179. The average Bonchev–Trinajstić information content (AvgIpc) is 2.18. The van der Waals surface area contributed by atoms with E-state index in [4.69, 9.17) is 9.84 Å². The highest BCUT2D eigenvalue weighted by atomic mass is 16.5. The van der Waals surface area contributed by atoms with Crippen molar-refractivity contribution in [3.8, 4) is 0 Å². The van der Waals surface area contributed by atoms with Gasteiger partial charge in [-0.1, -0.05) is 12.8 Å². The van der Waals surface area contributed by atoms with E-state index in [1.54, 1.807) is 7.11 Å². The van der Waals surface area contributed by atoms with Crippen LogP contribution in [0.1, 0.15) is 44.9 Å². The summed E-state index contributed by atoms with van der Waals surface area (Å²) in [5.74, 6) is 0.0113. The molecule has 1 rings (SSSR count). The second-order valence-corrected chi connectivity index (χ2v) is 4.18. The van der Waals surface area contributed by atoms with Gasteiger partial charge in [-0.25, -0.2) is 0 Å². The maximum absolute atomic E-state index is 10.3. The van der Waals surface area contributed by atoms with Gasteiger partial charge in [-0.2, -0.15) is 0 Å². The second kappa shape index (κ2) is 6.02. The van der Waals surface area contributed by atoms with Crippen LogP contribution in [0.4, 0.5) is 0 Å². The Morgan fingerprint density at radius 2 is 2.29 bits per heavy atom. The van der Waals surface area contributed by atoms with Crippen LogP contribution in [-0.4, -0.2) is 24.3 Å². The van der Waals surface area contributed by atoms with Gasteiger partial charge in [0, 0.05) is 13.5 Å². The summed E-state index contributed by atoms with van der Waals surface area (Å²) in [7, 11) is 1.77. The van der Waals surface area contributed by atoms with Crippen molar-refractivity contribution in [1.82, 2.24) is 0 Å². The lowest BCUT2D eigenvalue weighted by Gasteiger charge is -2.27. The Morgan fingerprint density at radius 1 is 1.50 bits per heavy atom. The molecule has 0 aromatic rings. The number of hydrogen-bond donors (Lipinski definition) is 1. The Kier molecular flexibility index (Phi) is 4.94. The first-order valence-electron chi connectivity index (χ1n) is 5.47. The Labute approximate surface area is 85.5 Å². The summed E-state index contributed by atoms with van der Waals surface area (Å²) in [4.78, 5) is 10.3. The minimum absolute atomic E-state index is 0.314. The summed E-state index contributed by atoms with van der Waals surface area (Å²) in [5.41, 5.74) is 0. The number of aliphatic carboxylic acids is 1.